The second-order valence-corrected chi connectivity index (χ2v) is 4.15. The lowest BCUT2D eigenvalue weighted by Gasteiger charge is -2.08. The first kappa shape index (κ1) is 11.7. The third-order valence-corrected chi connectivity index (χ3v) is 2.59. The molecule has 0 amide bonds. The maximum atomic E-state index is 11.5. The van der Waals surface area contributed by atoms with Crippen molar-refractivity contribution in [2.75, 3.05) is 7.11 Å². The fourth-order valence-corrected chi connectivity index (χ4v) is 1.89. The summed E-state index contributed by atoms with van der Waals surface area (Å²) in [5.74, 6) is -0.348. The molecule has 2 N–H and O–H groups in total. The molecule has 1 atom stereocenters. The summed E-state index contributed by atoms with van der Waals surface area (Å²) in [6.07, 6.45) is 2.27. The van der Waals surface area contributed by atoms with Gasteiger partial charge in [0, 0.05) is 11.4 Å². The lowest BCUT2D eigenvalue weighted by Crippen LogP contribution is -2.18. The highest BCUT2D eigenvalue weighted by atomic mass is 16.5. The fraction of sp³-hybridized carbons (Fsp3) is 0.308. The summed E-state index contributed by atoms with van der Waals surface area (Å²) in [5, 5.41) is 0.892. The van der Waals surface area contributed by atoms with Crippen molar-refractivity contribution in [2.45, 2.75) is 19.4 Å². The third-order valence-electron chi connectivity index (χ3n) is 2.59. The number of carbonyl (C=O) groups is 1. The van der Waals surface area contributed by atoms with Crippen LogP contribution in [0.3, 0.4) is 0 Å². The molecule has 0 fully saturated rings. The molecule has 1 heterocycles. The summed E-state index contributed by atoms with van der Waals surface area (Å²) < 4.78 is 10.1. The van der Waals surface area contributed by atoms with Gasteiger partial charge in [-0.05, 0) is 37.1 Å². The number of methoxy groups -OCH3 is 1. The Kier molecular flexibility index (Phi) is 3.15. The first-order chi connectivity index (χ1) is 8.11. The van der Waals surface area contributed by atoms with Crippen molar-refractivity contribution in [3.63, 3.8) is 0 Å². The Labute approximate surface area is 99.3 Å². The van der Waals surface area contributed by atoms with Gasteiger partial charge in [-0.25, -0.2) is 4.79 Å². The Balaban J connectivity index is 2.54. The summed E-state index contributed by atoms with van der Waals surface area (Å²) in [6.45, 7) is 1.92. The van der Waals surface area contributed by atoms with Gasteiger partial charge in [0.05, 0.1) is 18.9 Å². The molecule has 2 aromatic rings. The molecule has 0 bridgehead atoms. The van der Waals surface area contributed by atoms with E-state index in [0.717, 1.165) is 16.5 Å². The number of esters is 1. The maximum absolute atomic E-state index is 11.5. The van der Waals surface area contributed by atoms with Gasteiger partial charge in [0.25, 0.3) is 0 Å². The first-order valence-corrected chi connectivity index (χ1v) is 5.46. The van der Waals surface area contributed by atoms with E-state index >= 15 is 0 Å². The molecule has 1 aromatic carbocycles. The highest BCUT2D eigenvalue weighted by Gasteiger charge is 2.13. The van der Waals surface area contributed by atoms with Crippen LogP contribution in [0, 0.1) is 0 Å². The van der Waals surface area contributed by atoms with Crippen LogP contribution in [0.15, 0.2) is 28.9 Å². The van der Waals surface area contributed by atoms with E-state index < -0.39 is 0 Å². The smallest absolute Gasteiger partial charge is 0.337 e. The van der Waals surface area contributed by atoms with Gasteiger partial charge in [-0.15, -0.1) is 0 Å². The fourth-order valence-electron chi connectivity index (χ4n) is 1.89. The van der Waals surface area contributed by atoms with Crippen molar-refractivity contribution >= 4 is 16.9 Å². The maximum Gasteiger partial charge on any atom is 0.337 e. The van der Waals surface area contributed by atoms with Crippen LogP contribution in [0.5, 0.6) is 0 Å². The van der Waals surface area contributed by atoms with E-state index in [-0.39, 0.29) is 12.0 Å². The summed E-state index contributed by atoms with van der Waals surface area (Å²) in [7, 11) is 1.37. The number of nitrogens with two attached hydrogens (primary N) is 1. The van der Waals surface area contributed by atoms with Gasteiger partial charge < -0.3 is 14.9 Å². The topological polar surface area (TPSA) is 65.5 Å². The van der Waals surface area contributed by atoms with Crippen LogP contribution in [-0.2, 0) is 11.2 Å². The number of furan rings is 1. The lowest BCUT2D eigenvalue weighted by molar-refractivity contribution is 0.0601. The minimum atomic E-state index is -0.348. The van der Waals surface area contributed by atoms with Crippen molar-refractivity contribution in [3.05, 3.63) is 35.6 Å². The molecule has 0 spiro atoms. The van der Waals surface area contributed by atoms with Gasteiger partial charge in [0.1, 0.15) is 5.58 Å². The number of ether oxygens (including phenoxy) is 1. The quantitative estimate of drug-likeness (QED) is 0.824. The largest absolute Gasteiger partial charge is 0.465 e. The second-order valence-electron chi connectivity index (χ2n) is 4.15. The van der Waals surface area contributed by atoms with E-state index in [2.05, 4.69) is 0 Å². The Morgan fingerprint density at radius 1 is 1.53 bits per heavy atom. The first-order valence-electron chi connectivity index (χ1n) is 5.46. The van der Waals surface area contributed by atoms with Gasteiger partial charge >= 0.3 is 5.97 Å². The molecular formula is C13H15NO3. The average Bonchev–Trinajstić information content (AvgIpc) is 2.75. The van der Waals surface area contributed by atoms with Crippen LogP contribution >= 0.6 is 0 Å². The molecule has 0 aliphatic rings. The van der Waals surface area contributed by atoms with Crippen LogP contribution in [0.2, 0.25) is 0 Å². The molecule has 4 nitrogen and oxygen atoms in total. The molecule has 17 heavy (non-hydrogen) atoms. The minimum Gasteiger partial charge on any atom is -0.465 e. The number of benzene rings is 1. The predicted molar refractivity (Wildman–Crippen MR) is 64.9 cm³/mol. The van der Waals surface area contributed by atoms with E-state index in [4.69, 9.17) is 14.9 Å². The molecule has 1 aromatic heterocycles. The van der Waals surface area contributed by atoms with Gasteiger partial charge in [0.15, 0.2) is 0 Å². The molecule has 0 aliphatic carbocycles. The van der Waals surface area contributed by atoms with E-state index in [1.807, 2.05) is 13.0 Å². The van der Waals surface area contributed by atoms with Gasteiger partial charge in [-0.1, -0.05) is 0 Å². The van der Waals surface area contributed by atoms with E-state index in [0.29, 0.717) is 12.0 Å². The Bertz CT molecular complexity index is 543. The Morgan fingerprint density at radius 3 is 2.94 bits per heavy atom. The van der Waals surface area contributed by atoms with E-state index in [1.54, 1.807) is 18.4 Å². The Morgan fingerprint density at radius 2 is 2.29 bits per heavy atom. The summed E-state index contributed by atoms with van der Waals surface area (Å²) >= 11 is 0. The van der Waals surface area contributed by atoms with Crippen molar-refractivity contribution in [3.8, 4) is 0 Å². The SMILES string of the molecule is COC(=O)c1cc(CC(C)N)c2occc2c1. The molecule has 1 unspecified atom stereocenters. The molecule has 0 aliphatic heterocycles. The monoisotopic (exact) mass is 233 g/mol. The zero-order valence-corrected chi connectivity index (χ0v) is 9.90. The van der Waals surface area contributed by atoms with Crippen LogP contribution in [0.4, 0.5) is 0 Å². The number of hydrogen-bond donors (Lipinski definition) is 1. The van der Waals surface area contributed by atoms with Crippen LogP contribution < -0.4 is 5.73 Å². The van der Waals surface area contributed by atoms with Crippen molar-refractivity contribution < 1.29 is 13.9 Å². The van der Waals surface area contributed by atoms with Crippen LogP contribution in [-0.4, -0.2) is 19.1 Å². The number of rotatable bonds is 3. The molecule has 0 saturated carbocycles. The van der Waals surface area contributed by atoms with E-state index in [9.17, 15) is 4.79 Å². The molecule has 90 valence electrons. The minimum absolute atomic E-state index is 0.0104. The standard InChI is InChI=1S/C13H15NO3/c1-8(14)5-10-7-11(13(15)16-2)6-9-3-4-17-12(9)10/h3-4,6-8H,5,14H2,1-2H3. The molecule has 0 radical (unpaired) electrons. The van der Waals surface area contributed by atoms with Crippen LogP contribution in [0.1, 0.15) is 22.8 Å². The van der Waals surface area contributed by atoms with Gasteiger partial charge in [-0.2, -0.15) is 0 Å². The predicted octanol–water partition coefficient (Wildman–Crippen LogP) is 2.11. The van der Waals surface area contributed by atoms with Crippen molar-refractivity contribution in [1.29, 1.82) is 0 Å². The summed E-state index contributed by atoms with van der Waals surface area (Å²) in [5.41, 5.74) is 8.03. The van der Waals surface area contributed by atoms with Crippen molar-refractivity contribution in [2.24, 2.45) is 5.73 Å². The zero-order valence-electron chi connectivity index (χ0n) is 9.90. The Hall–Kier alpha value is -1.81. The molecular weight excluding hydrogens is 218 g/mol. The normalized spacial score (nSPS) is 12.6. The van der Waals surface area contributed by atoms with Gasteiger partial charge in [-0.3, -0.25) is 0 Å². The van der Waals surface area contributed by atoms with Gasteiger partial charge in [0.2, 0.25) is 0 Å². The zero-order chi connectivity index (χ0) is 12.4. The highest BCUT2D eigenvalue weighted by molar-refractivity contribution is 5.95. The van der Waals surface area contributed by atoms with Crippen molar-refractivity contribution in [1.82, 2.24) is 0 Å². The summed E-state index contributed by atoms with van der Waals surface area (Å²) in [4.78, 5) is 11.5. The van der Waals surface area contributed by atoms with Crippen LogP contribution in [0.25, 0.3) is 11.0 Å². The second kappa shape index (κ2) is 4.59. The average molecular weight is 233 g/mol. The molecule has 4 heteroatoms. The number of carbonyl (C=O) groups excluding carboxylic acids is 1. The molecule has 2 rings (SSSR count). The highest BCUT2D eigenvalue weighted by Crippen LogP contribution is 2.23. The molecule has 0 saturated heterocycles. The van der Waals surface area contributed by atoms with E-state index in [1.165, 1.54) is 7.11 Å². The third kappa shape index (κ3) is 2.31. The lowest BCUT2D eigenvalue weighted by atomic mass is 10.0. The number of fused-ring (bicyclic) bond motifs is 1. The number of hydrogen-bond acceptors (Lipinski definition) is 4. The summed E-state index contributed by atoms with van der Waals surface area (Å²) in [6, 6.07) is 5.37.